The molecule has 21 heavy (non-hydrogen) atoms. The van der Waals surface area contributed by atoms with Gasteiger partial charge in [-0.15, -0.1) is 0 Å². The van der Waals surface area contributed by atoms with Crippen molar-refractivity contribution in [3.63, 3.8) is 0 Å². The van der Waals surface area contributed by atoms with Gasteiger partial charge in [-0.2, -0.15) is 0 Å². The van der Waals surface area contributed by atoms with Crippen LogP contribution in [0.2, 0.25) is 18.1 Å². The molecule has 0 fully saturated rings. The van der Waals surface area contributed by atoms with Crippen molar-refractivity contribution in [1.29, 1.82) is 0 Å². The molecule has 0 heterocycles. The van der Waals surface area contributed by atoms with Gasteiger partial charge in [-0.3, -0.25) is 4.57 Å². The molecule has 4 nitrogen and oxygen atoms in total. The molecule has 2 unspecified atom stereocenters. The van der Waals surface area contributed by atoms with Gasteiger partial charge >= 0.3 is 7.60 Å². The minimum Gasteiger partial charge on any atom is -0.417 e. The van der Waals surface area contributed by atoms with Gasteiger partial charge in [-0.25, -0.2) is 0 Å². The van der Waals surface area contributed by atoms with Crippen LogP contribution in [0.4, 0.5) is 0 Å². The summed E-state index contributed by atoms with van der Waals surface area (Å²) in [5.74, 6) is 0.128. The fourth-order valence-corrected chi connectivity index (χ4v) is 4.73. The van der Waals surface area contributed by atoms with Crippen LogP contribution >= 0.6 is 7.60 Å². The third-order valence-electron chi connectivity index (χ3n) is 4.45. The Morgan fingerprint density at radius 2 is 1.48 bits per heavy atom. The standard InChI is InChI=1S/C15H35O4PSi/c1-10-17-20(16,18-11-2)14(4)13(3)12-19-21(8,9)15(5,6)7/h13-14H,10-12H2,1-9H3. The summed E-state index contributed by atoms with van der Waals surface area (Å²) < 4.78 is 29.9. The van der Waals surface area contributed by atoms with Crippen molar-refractivity contribution >= 4 is 15.9 Å². The Bertz CT molecular complexity index is 342. The zero-order valence-electron chi connectivity index (χ0n) is 15.4. The van der Waals surface area contributed by atoms with Gasteiger partial charge in [-0.1, -0.05) is 34.6 Å². The van der Waals surface area contributed by atoms with Gasteiger partial charge in [-0.05, 0) is 37.9 Å². The molecule has 0 N–H and O–H groups in total. The van der Waals surface area contributed by atoms with Crippen LogP contribution in [0.5, 0.6) is 0 Å². The first-order chi connectivity index (χ1) is 9.41. The lowest BCUT2D eigenvalue weighted by molar-refractivity contribution is 0.187. The highest BCUT2D eigenvalue weighted by atomic mass is 31.2. The Hall–Kier alpha value is 0.327. The highest BCUT2D eigenvalue weighted by Crippen LogP contribution is 2.55. The first-order valence-corrected chi connectivity index (χ1v) is 12.5. The van der Waals surface area contributed by atoms with E-state index in [0.717, 1.165) is 0 Å². The molecule has 0 aromatic carbocycles. The molecular formula is C15H35O4PSi. The zero-order chi connectivity index (χ0) is 16.9. The maximum Gasteiger partial charge on any atom is 0.333 e. The number of hydrogen-bond acceptors (Lipinski definition) is 4. The molecule has 0 bridgehead atoms. The van der Waals surface area contributed by atoms with E-state index in [-0.39, 0.29) is 16.6 Å². The molecule has 0 saturated carbocycles. The molecule has 0 aliphatic carbocycles. The van der Waals surface area contributed by atoms with Crippen molar-refractivity contribution in [1.82, 2.24) is 0 Å². The van der Waals surface area contributed by atoms with E-state index in [9.17, 15) is 4.57 Å². The zero-order valence-corrected chi connectivity index (χ0v) is 17.3. The Balaban J connectivity index is 4.78. The van der Waals surface area contributed by atoms with Crippen LogP contribution in [0.25, 0.3) is 0 Å². The van der Waals surface area contributed by atoms with Crippen LogP contribution in [-0.2, 0) is 18.0 Å². The molecule has 6 heteroatoms. The minimum atomic E-state index is -3.05. The quantitative estimate of drug-likeness (QED) is 0.423. The molecule has 0 rings (SSSR count). The maximum atomic E-state index is 12.8. The topological polar surface area (TPSA) is 44.8 Å². The smallest absolute Gasteiger partial charge is 0.333 e. The molecule has 0 amide bonds. The van der Waals surface area contributed by atoms with E-state index in [1.807, 2.05) is 20.8 Å². The largest absolute Gasteiger partial charge is 0.417 e. The number of hydrogen-bond donors (Lipinski definition) is 0. The van der Waals surface area contributed by atoms with E-state index < -0.39 is 15.9 Å². The second-order valence-electron chi connectivity index (χ2n) is 7.16. The van der Waals surface area contributed by atoms with Crippen molar-refractivity contribution in [2.24, 2.45) is 5.92 Å². The monoisotopic (exact) mass is 338 g/mol. The lowest BCUT2D eigenvalue weighted by Crippen LogP contribution is -2.42. The fraction of sp³-hybridized carbons (Fsp3) is 1.00. The maximum absolute atomic E-state index is 12.8. The first kappa shape index (κ1) is 21.3. The Labute approximate surface area is 132 Å². The molecule has 0 aromatic rings. The molecule has 0 saturated heterocycles. The predicted octanol–water partition coefficient (Wildman–Crippen LogP) is 5.30. The molecule has 0 aromatic heterocycles. The van der Waals surface area contributed by atoms with E-state index in [0.29, 0.717) is 19.8 Å². The average Bonchev–Trinajstić information content (AvgIpc) is 2.34. The highest BCUT2D eigenvalue weighted by Gasteiger charge is 2.40. The van der Waals surface area contributed by atoms with Crippen LogP contribution in [-0.4, -0.2) is 33.8 Å². The van der Waals surface area contributed by atoms with E-state index in [4.69, 9.17) is 13.5 Å². The van der Waals surface area contributed by atoms with Gasteiger partial charge in [0.1, 0.15) is 0 Å². The van der Waals surface area contributed by atoms with Gasteiger partial charge in [0.25, 0.3) is 0 Å². The second kappa shape index (κ2) is 8.26. The molecular weight excluding hydrogens is 303 g/mol. The lowest BCUT2D eigenvalue weighted by Gasteiger charge is -2.38. The third kappa shape index (κ3) is 6.15. The summed E-state index contributed by atoms with van der Waals surface area (Å²) in [5.41, 5.74) is -0.165. The van der Waals surface area contributed by atoms with Gasteiger partial charge in [0.15, 0.2) is 8.32 Å². The molecule has 0 aliphatic heterocycles. The fourth-order valence-electron chi connectivity index (χ4n) is 1.64. The average molecular weight is 339 g/mol. The SMILES string of the molecule is CCOP(=O)(OCC)C(C)C(C)CO[Si](C)(C)C(C)(C)C. The van der Waals surface area contributed by atoms with Gasteiger partial charge in [0.2, 0.25) is 0 Å². The second-order valence-corrected chi connectivity index (χ2v) is 14.4. The molecule has 0 spiro atoms. The van der Waals surface area contributed by atoms with Crippen molar-refractivity contribution in [2.45, 2.75) is 72.3 Å². The van der Waals surface area contributed by atoms with Crippen LogP contribution in [0, 0.1) is 5.92 Å². The van der Waals surface area contributed by atoms with Gasteiger partial charge in [0, 0.05) is 6.61 Å². The third-order valence-corrected chi connectivity index (χ3v) is 11.7. The molecule has 0 radical (unpaired) electrons. The summed E-state index contributed by atoms with van der Waals surface area (Å²) in [7, 11) is -4.83. The van der Waals surface area contributed by atoms with Gasteiger partial charge < -0.3 is 13.5 Å². The van der Waals surface area contributed by atoms with Crippen molar-refractivity contribution < 1.29 is 18.0 Å². The normalized spacial score (nSPS) is 16.8. The predicted molar refractivity (Wildman–Crippen MR) is 92.6 cm³/mol. The highest BCUT2D eigenvalue weighted by molar-refractivity contribution is 7.54. The lowest BCUT2D eigenvalue weighted by atomic mass is 10.1. The van der Waals surface area contributed by atoms with Crippen molar-refractivity contribution in [3.05, 3.63) is 0 Å². The Kier molecular flexibility index (Phi) is 8.38. The molecule has 128 valence electrons. The van der Waals surface area contributed by atoms with Crippen LogP contribution in [0.3, 0.4) is 0 Å². The van der Waals surface area contributed by atoms with Crippen LogP contribution in [0.15, 0.2) is 0 Å². The van der Waals surface area contributed by atoms with E-state index in [1.54, 1.807) is 0 Å². The summed E-state index contributed by atoms with van der Waals surface area (Å²) >= 11 is 0. The van der Waals surface area contributed by atoms with E-state index in [2.05, 4.69) is 40.8 Å². The summed E-state index contributed by atoms with van der Waals surface area (Å²) in [5, 5.41) is 0.180. The van der Waals surface area contributed by atoms with Crippen LogP contribution in [0.1, 0.15) is 48.5 Å². The summed E-state index contributed by atoms with van der Waals surface area (Å²) in [6.07, 6.45) is 0. The number of rotatable bonds is 9. The van der Waals surface area contributed by atoms with E-state index >= 15 is 0 Å². The van der Waals surface area contributed by atoms with E-state index in [1.165, 1.54) is 0 Å². The van der Waals surface area contributed by atoms with Gasteiger partial charge in [0.05, 0.1) is 18.9 Å². The van der Waals surface area contributed by atoms with Crippen LogP contribution < -0.4 is 0 Å². The molecule has 2 atom stereocenters. The molecule has 0 aliphatic rings. The Morgan fingerprint density at radius 1 is 1.05 bits per heavy atom. The summed E-state index contributed by atoms with van der Waals surface area (Å²) in [6, 6.07) is 0. The Morgan fingerprint density at radius 3 is 1.81 bits per heavy atom. The minimum absolute atomic E-state index is 0.128. The summed E-state index contributed by atoms with van der Waals surface area (Å²) in [6.45, 7) is 20.2. The van der Waals surface area contributed by atoms with Crippen molar-refractivity contribution in [3.8, 4) is 0 Å². The first-order valence-electron chi connectivity index (χ1n) is 7.94. The van der Waals surface area contributed by atoms with Crippen molar-refractivity contribution in [2.75, 3.05) is 19.8 Å². The summed E-state index contributed by atoms with van der Waals surface area (Å²) in [4.78, 5) is 0.